The summed E-state index contributed by atoms with van der Waals surface area (Å²) in [5.41, 5.74) is 4.79. The Bertz CT molecular complexity index is 911. The second-order valence-electron chi connectivity index (χ2n) is 9.15. The first-order valence-electron chi connectivity index (χ1n) is 11.9. The number of rotatable bonds is 11. The van der Waals surface area contributed by atoms with Gasteiger partial charge >= 0.3 is 0 Å². The fourth-order valence-corrected chi connectivity index (χ4v) is 4.62. The van der Waals surface area contributed by atoms with Gasteiger partial charge in [0.15, 0.2) is 0 Å². The molecule has 1 aliphatic carbocycles. The summed E-state index contributed by atoms with van der Waals surface area (Å²) in [5, 5.41) is 3.12. The van der Waals surface area contributed by atoms with Crippen molar-refractivity contribution in [3.8, 4) is 0 Å². The summed E-state index contributed by atoms with van der Waals surface area (Å²) in [4.78, 5) is 37.0. The molecule has 0 radical (unpaired) electrons. The summed E-state index contributed by atoms with van der Waals surface area (Å²) in [5.74, 6) is 1.03. The van der Waals surface area contributed by atoms with Gasteiger partial charge in [-0.1, -0.05) is 12.5 Å². The Morgan fingerprint density at radius 1 is 1.03 bits per heavy atom. The van der Waals surface area contributed by atoms with Crippen LogP contribution in [0, 0.1) is 6.92 Å². The molecule has 1 N–H and O–H groups in total. The molecule has 3 rings (SSSR count). The van der Waals surface area contributed by atoms with E-state index < -0.39 is 0 Å². The van der Waals surface area contributed by atoms with Crippen molar-refractivity contribution in [2.24, 2.45) is 0 Å². The Morgan fingerprint density at radius 2 is 1.78 bits per heavy atom. The largest absolute Gasteiger partial charge is 0.354 e. The number of carbonyl (C=O) groups is 2. The number of aryl methyl sites for hydroxylation is 4. The predicted molar refractivity (Wildman–Crippen MR) is 125 cm³/mol. The molecular weight excluding hydrogens is 400 g/mol. The maximum absolute atomic E-state index is 11.8. The molecule has 1 unspecified atom stereocenters. The van der Waals surface area contributed by atoms with Gasteiger partial charge in [-0.2, -0.15) is 0 Å². The van der Waals surface area contributed by atoms with Gasteiger partial charge in [0.05, 0.1) is 0 Å². The number of nitrogens with one attached hydrogen (secondary N) is 1. The van der Waals surface area contributed by atoms with Crippen LogP contribution in [0.25, 0.3) is 0 Å². The fourth-order valence-electron chi connectivity index (χ4n) is 4.62. The van der Waals surface area contributed by atoms with Crippen molar-refractivity contribution in [3.05, 3.63) is 52.9 Å². The minimum Gasteiger partial charge on any atom is -0.354 e. The topological polar surface area (TPSA) is 84.8 Å². The monoisotopic (exact) mass is 436 g/mol. The van der Waals surface area contributed by atoms with Crippen LogP contribution in [0.4, 0.5) is 0 Å². The molecule has 1 amide bonds. The van der Waals surface area contributed by atoms with E-state index in [9.17, 15) is 9.59 Å². The maximum Gasteiger partial charge on any atom is 0.217 e. The van der Waals surface area contributed by atoms with E-state index in [1.54, 1.807) is 13.8 Å². The standard InChI is InChI=1S/C26H36N4O2/c1-18(31)15-22(23-16-27-19(2)28-17-23)8-6-9-24(29-20(3)32)13-14-25-12-11-21-7-4-5-10-26(21)30-25/h11-12,16-17,22,24H,4-10,13-15H2,1-3H3,(H,29,32)/t22-,24?/m0/s1. The molecule has 0 saturated carbocycles. The molecule has 0 fully saturated rings. The quantitative estimate of drug-likeness (QED) is 0.563. The number of Topliss-reactive ketones (excluding diaryl/α,β-unsaturated/α-hetero) is 1. The SMILES string of the molecule is CC(=O)C[C@H](CCCC(CCc1ccc2c(n1)CCCC2)NC(C)=O)c1cnc(C)nc1. The Hall–Kier alpha value is -2.63. The zero-order valence-electron chi connectivity index (χ0n) is 19.7. The van der Waals surface area contributed by atoms with Gasteiger partial charge in [0.25, 0.3) is 0 Å². The number of pyridine rings is 1. The molecule has 0 aliphatic heterocycles. The van der Waals surface area contributed by atoms with E-state index in [2.05, 4.69) is 27.4 Å². The zero-order chi connectivity index (χ0) is 22.9. The number of hydrogen-bond acceptors (Lipinski definition) is 5. The van der Waals surface area contributed by atoms with Gasteiger partial charge in [0, 0.05) is 43.2 Å². The highest BCUT2D eigenvalue weighted by Crippen LogP contribution is 2.26. The van der Waals surface area contributed by atoms with Gasteiger partial charge in [0.1, 0.15) is 11.6 Å². The van der Waals surface area contributed by atoms with Gasteiger partial charge in [-0.25, -0.2) is 9.97 Å². The van der Waals surface area contributed by atoms with Gasteiger partial charge in [-0.3, -0.25) is 9.78 Å². The molecule has 172 valence electrons. The smallest absolute Gasteiger partial charge is 0.217 e. The van der Waals surface area contributed by atoms with Gasteiger partial charge < -0.3 is 10.1 Å². The van der Waals surface area contributed by atoms with Crippen LogP contribution in [0.2, 0.25) is 0 Å². The molecule has 2 aromatic heterocycles. The Balaban J connectivity index is 1.56. The van der Waals surface area contributed by atoms with E-state index in [0.717, 1.165) is 62.0 Å². The van der Waals surface area contributed by atoms with E-state index in [0.29, 0.717) is 6.42 Å². The molecule has 0 spiro atoms. The predicted octanol–water partition coefficient (Wildman–Crippen LogP) is 4.43. The molecule has 0 aromatic carbocycles. The summed E-state index contributed by atoms with van der Waals surface area (Å²) in [6, 6.07) is 4.49. The van der Waals surface area contributed by atoms with Crippen LogP contribution < -0.4 is 5.32 Å². The van der Waals surface area contributed by atoms with Crippen molar-refractivity contribution in [2.75, 3.05) is 0 Å². The van der Waals surface area contributed by atoms with Crippen molar-refractivity contribution in [2.45, 2.75) is 96.9 Å². The van der Waals surface area contributed by atoms with Gasteiger partial charge in [-0.15, -0.1) is 0 Å². The summed E-state index contributed by atoms with van der Waals surface area (Å²) in [6.45, 7) is 5.07. The molecule has 6 heteroatoms. The maximum atomic E-state index is 11.8. The number of aromatic nitrogens is 3. The summed E-state index contributed by atoms with van der Waals surface area (Å²) in [6.07, 6.45) is 13.3. The molecule has 2 atom stereocenters. The first-order valence-corrected chi connectivity index (χ1v) is 11.9. The number of amides is 1. The number of hydrogen-bond donors (Lipinski definition) is 1. The van der Waals surface area contributed by atoms with Crippen LogP contribution >= 0.6 is 0 Å². The normalized spacial score (nSPS) is 15.0. The number of fused-ring (bicyclic) bond motifs is 1. The Labute approximate surface area is 191 Å². The minimum absolute atomic E-state index is 0.000575. The highest BCUT2D eigenvalue weighted by molar-refractivity contribution is 5.76. The first kappa shape index (κ1) is 24.0. The number of ketones is 1. The highest BCUT2D eigenvalue weighted by atomic mass is 16.1. The van der Waals surface area contributed by atoms with Crippen LogP contribution in [0.5, 0.6) is 0 Å². The number of nitrogens with zero attached hydrogens (tertiary/aromatic N) is 3. The van der Waals surface area contributed by atoms with Crippen LogP contribution in [0.3, 0.4) is 0 Å². The molecule has 2 aromatic rings. The second-order valence-corrected chi connectivity index (χ2v) is 9.15. The first-order chi connectivity index (χ1) is 15.4. The summed E-state index contributed by atoms with van der Waals surface area (Å²) >= 11 is 0. The van der Waals surface area contributed by atoms with E-state index in [4.69, 9.17) is 4.98 Å². The lowest BCUT2D eigenvalue weighted by Gasteiger charge is -2.21. The lowest BCUT2D eigenvalue weighted by Crippen LogP contribution is -2.33. The van der Waals surface area contributed by atoms with E-state index in [-0.39, 0.29) is 23.7 Å². The van der Waals surface area contributed by atoms with Crippen molar-refractivity contribution in [1.29, 1.82) is 0 Å². The van der Waals surface area contributed by atoms with E-state index >= 15 is 0 Å². The van der Waals surface area contributed by atoms with Crippen molar-refractivity contribution in [1.82, 2.24) is 20.3 Å². The summed E-state index contributed by atoms with van der Waals surface area (Å²) in [7, 11) is 0. The molecule has 0 bridgehead atoms. The lowest BCUT2D eigenvalue weighted by molar-refractivity contribution is -0.119. The van der Waals surface area contributed by atoms with Crippen LogP contribution in [0.1, 0.15) is 93.1 Å². The van der Waals surface area contributed by atoms with Crippen LogP contribution in [-0.2, 0) is 28.9 Å². The van der Waals surface area contributed by atoms with Crippen molar-refractivity contribution >= 4 is 11.7 Å². The molecule has 2 heterocycles. The Kier molecular flexibility index (Phi) is 8.89. The third-order valence-electron chi connectivity index (χ3n) is 6.30. The van der Waals surface area contributed by atoms with Crippen molar-refractivity contribution in [3.63, 3.8) is 0 Å². The highest BCUT2D eigenvalue weighted by Gasteiger charge is 2.18. The molecule has 0 saturated heterocycles. The molecular formula is C26H36N4O2. The Morgan fingerprint density at radius 3 is 2.50 bits per heavy atom. The third kappa shape index (κ3) is 7.50. The average molecular weight is 437 g/mol. The van der Waals surface area contributed by atoms with Gasteiger partial charge in [0.2, 0.25) is 5.91 Å². The molecule has 1 aliphatic rings. The van der Waals surface area contributed by atoms with Crippen molar-refractivity contribution < 1.29 is 9.59 Å². The van der Waals surface area contributed by atoms with Crippen LogP contribution in [-0.4, -0.2) is 32.7 Å². The van der Waals surface area contributed by atoms with Crippen LogP contribution in [0.15, 0.2) is 24.5 Å². The van der Waals surface area contributed by atoms with E-state index in [1.165, 1.54) is 24.1 Å². The van der Waals surface area contributed by atoms with E-state index in [1.807, 2.05) is 19.3 Å². The zero-order valence-corrected chi connectivity index (χ0v) is 19.7. The molecule has 32 heavy (non-hydrogen) atoms. The minimum atomic E-state index is 0.000575. The summed E-state index contributed by atoms with van der Waals surface area (Å²) < 4.78 is 0. The number of carbonyl (C=O) groups excluding carboxylic acids is 2. The third-order valence-corrected chi connectivity index (χ3v) is 6.30. The average Bonchev–Trinajstić information content (AvgIpc) is 2.76. The second kappa shape index (κ2) is 11.8. The molecule has 6 nitrogen and oxygen atoms in total. The van der Waals surface area contributed by atoms with Gasteiger partial charge in [-0.05, 0) is 88.3 Å². The fraction of sp³-hybridized carbons (Fsp3) is 0.577. The lowest BCUT2D eigenvalue weighted by atomic mass is 9.89.